The van der Waals surface area contributed by atoms with Crippen molar-refractivity contribution < 1.29 is 4.79 Å². The van der Waals surface area contributed by atoms with Crippen LogP contribution in [0.2, 0.25) is 0 Å². The molecule has 0 bridgehead atoms. The summed E-state index contributed by atoms with van der Waals surface area (Å²) in [6.45, 7) is 2.30. The standard InChI is InChI=1S/C17H24N2O/c1-2-12-5-3-4-6-15(12)18-14-8-9-16-13(11-14)7-10-17(20)19-16/h8-9,11-12,15,18H,2-7,10H2,1H3,(H,19,20). The van der Waals surface area contributed by atoms with Crippen LogP contribution in [0, 0.1) is 5.92 Å². The highest BCUT2D eigenvalue weighted by Crippen LogP contribution is 2.31. The Labute approximate surface area is 121 Å². The van der Waals surface area contributed by atoms with E-state index < -0.39 is 0 Å². The molecule has 1 heterocycles. The maximum absolute atomic E-state index is 11.4. The topological polar surface area (TPSA) is 41.1 Å². The van der Waals surface area contributed by atoms with Crippen LogP contribution in [0.1, 0.15) is 51.0 Å². The quantitative estimate of drug-likeness (QED) is 0.874. The van der Waals surface area contributed by atoms with Crippen molar-refractivity contribution in [1.29, 1.82) is 0 Å². The van der Waals surface area contributed by atoms with Crippen LogP contribution in [0.25, 0.3) is 0 Å². The fraction of sp³-hybridized carbons (Fsp3) is 0.588. The number of amides is 1. The molecule has 2 aliphatic rings. The van der Waals surface area contributed by atoms with Crippen molar-refractivity contribution in [2.45, 2.75) is 57.9 Å². The van der Waals surface area contributed by atoms with E-state index in [0.717, 1.165) is 18.0 Å². The number of rotatable bonds is 3. The summed E-state index contributed by atoms with van der Waals surface area (Å²) in [6, 6.07) is 6.98. The van der Waals surface area contributed by atoms with Gasteiger partial charge in [0.1, 0.15) is 0 Å². The highest BCUT2D eigenvalue weighted by atomic mass is 16.1. The van der Waals surface area contributed by atoms with Gasteiger partial charge < -0.3 is 10.6 Å². The zero-order chi connectivity index (χ0) is 13.9. The van der Waals surface area contributed by atoms with Gasteiger partial charge in [-0.2, -0.15) is 0 Å². The molecule has 0 spiro atoms. The lowest BCUT2D eigenvalue weighted by Crippen LogP contribution is -2.31. The molecule has 1 fully saturated rings. The summed E-state index contributed by atoms with van der Waals surface area (Å²) in [5, 5.41) is 6.67. The molecule has 2 atom stereocenters. The molecule has 1 aliphatic carbocycles. The smallest absolute Gasteiger partial charge is 0.224 e. The van der Waals surface area contributed by atoms with Crippen molar-refractivity contribution in [2.24, 2.45) is 5.92 Å². The molecule has 2 N–H and O–H groups in total. The van der Waals surface area contributed by atoms with Gasteiger partial charge in [-0.1, -0.05) is 26.2 Å². The van der Waals surface area contributed by atoms with Crippen LogP contribution in [-0.2, 0) is 11.2 Å². The summed E-state index contributed by atoms with van der Waals surface area (Å²) in [6.07, 6.45) is 8.10. The van der Waals surface area contributed by atoms with Crippen LogP contribution in [-0.4, -0.2) is 11.9 Å². The molecule has 2 unspecified atom stereocenters. The SMILES string of the molecule is CCC1CCCCC1Nc1ccc2c(c1)CCC(=O)N2. The predicted molar refractivity (Wildman–Crippen MR) is 83.1 cm³/mol. The molecule has 1 saturated carbocycles. The largest absolute Gasteiger partial charge is 0.382 e. The van der Waals surface area contributed by atoms with Crippen molar-refractivity contribution in [3.8, 4) is 0 Å². The maximum atomic E-state index is 11.4. The Balaban J connectivity index is 1.73. The van der Waals surface area contributed by atoms with Gasteiger partial charge in [-0.25, -0.2) is 0 Å². The molecule has 0 aromatic heterocycles. The minimum absolute atomic E-state index is 0.136. The third-order valence-electron chi connectivity index (χ3n) is 4.79. The van der Waals surface area contributed by atoms with Gasteiger partial charge in [0.2, 0.25) is 5.91 Å². The lowest BCUT2D eigenvalue weighted by Gasteiger charge is -2.32. The predicted octanol–water partition coefficient (Wildman–Crippen LogP) is 3.95. The summed E-state index contributed by atoms with van der Waals surface area (Å²) >= 11 is 0. The number of hydrogen-bond donors (Lipinski definition) is 2. The second-order valence-electron chi connectivity index (χ2n) is 6.12. The first-order chi connectivity index (χ1) is 9.76. The number of carbonyl (C=O) groups excluding carboxylic acids is 1. The molecule has 108 valence electrons. The molecule has 0 saturated heterocycles. The van der Waals surface area contributed by atoms with Gasteiger partial charge in [0, 0.05) is 23.8 Å². The molecule has 1 aromatic carbocycles. The maximum Gasteiger partial charge on any atom is 0.224 e. The molecule has 0 radical (unpaired) electrons. The molecule has 3 rings (SSSR count). The average Bonchev–Trinajstić information content (AvgIpc) is 2.48. The zero-order valence-electron chi connectivity index (χ0n) is 12.2. The molecule has 3 heteroatoms. The Morgan fingerprint density at radius 3 is 2.95 bits per heavy atom. The summed E-state index contributed by atoms with van der Waals surface area (Å²) in [5.41, 5.74) is 3.46. The average molecular weight is 272 g/mol. The fourth-order valence-electron chi connectivity index (χ4n) is 3.57. The van der Waals surface area contributed by atoms with E-state index in [1.807, 2.05) is 6.07 Å². The number of carbonyl (C=O) groups is 1. The minimum atomic E-state index is 0.136. The Bertz CT molecular complexity index is 498. The van der Waals surface area contributed by atoms with Crippen LogP contribution < -0.4 is 10.6 Å². The van der Waals surface area contributed by atoms with Crippen molar-refractivity contribution in [3.05, 3.63) is 23.8 Å². The first-order valence-corrected chi connectivity index (χ1v) is 7.95. The molecular formula is C17H24N2O. The van der Waals surface area contributed by atoms with Crippen LogP contribution in [0.5, 0.6) is 0 Å². The normalized spacial score (nSPS) is 25.8. The first kappa shape index (κ1) is 13.5. The van der Waals surface area contributed by atoms with Gasteiger partial charge >= 0.3 is 0 Å². The molecule has 3 nitrogen and oxygen atoms in total. The van der Waals surface area contributed by atoms with Crippen LogP contribution in [0.15, 0.2) is 18.2 Å². The molecule has 20 heavy (non-hydrogen) atoms. The monoisotopic (exact) mass is 272 g/mol. The van der Waals surface area contributed by atoms with E-state index in [4.69, 9.17) is 0 Å². The summed E-state index contributed by atoms with van der Waals surface area (Å²) in [4.78, 5) is 11.4. The van der Waals surface area contributed by atoms with E-state index in [1.165, 1.54) is 43.4 Å². The van der Waals surface area contributed by atoms with E-state index in [0.29, 0.717) is 12.5 Å². The van der Waals surface area contributed by atoms with Gasteiger partial charge in [0.15, 0.2) is 0 Å². The van der Waals surface area contributed by atoms with E-state index in [-0.39, 0.29) is 5.91 Å². The second kappa shape index (κ2) is 5.86. The van der Waals surface area contributed by atoms with Gasteiger partial charge in [0.25, 0.3) is 0 Å². The van der Waals surface area contributed by atoms with E-state index in [9.17, 15) is 4.79 Å². The lowest BCUT2D eigenvalue weighted by molar-refractivity contribution is -0.116. The fourth-order valence-corrected chi connectivity index (χ4v) is 3.57. The van der Waals surface area contributed by atoms with Crippen molar-refractivity contribution >= 4 is 17.3 Å². The third-order valence-corrected chi connectivity index (χ3v) is 4.79. The number of hydrogen-bond acceptors (Lipinski definition) is 2. The number of benzene rings is 1. The van der Waals surface area contributed by atoms with Gasteiger partial charge in [0.05, 0.1) is 0 Å². The van der Waals surface area contributed by atoms with Crippen LogP contribution in [0.3, 0.4) is 0 Å². The van der Waals surface area contributed by atoms with Crippen molar-refractivity contribution in [1.82, 2.24) is 0 Å². The van der Waals surface area contributed by atoms with E-state index >= 15 is 0 Å². The highest BCUT2D eigenvalue weighted by Gasteiger charge is 2.23. The molecule has 1 amide bonds. The highest BCUT2D eigenvalue weighted by molar-refractivity contribution is 5.94. The van der Waals surface area contributed by atoms with Gasteiger partial charge in [-0.3, -0.25) is 4.79 Å². The Kier molecular flexibility index (Phi) is 3.95. The zero-order valence-corrected chi connectivity index (χ0v) is 12.2. The van der Waals surface area contributed by atoms with Gasteiger partial charge in [-0.05, 0) is 48.9 Å². The van der Waals surface area contributed by atoms with Crippen molar-refractivity contribution in [2.75, 3.05) is 10.6 Å². The van der Waals surface area contributed by atoms with Crippen LogP contribution in [0.4, 0.5) is 11.4 Å². The van der Waals surface area contributed by atoms with Crippen molar-refractivity contribution in [3.63, 3.8) is 0 Å². The Morgan fingerprint density at radius 1 is 1.25 bits per heavy atom. The number of fused-ring (bicyclic) bond motifs is 1. The minimum Gasteiger partial charge on any atom is -0.382 e. The summed E-state index contributed by atoms with van der Waals surface area (Å²) in [7, 11) is 0. The summed E-state index contributed by atoms with van der Waals surface area (Å²) in [5.74, 6) is 0.941. The number of nitrogens with one attached hydrogen (secondary N) is 2. The Morgan fingerprint density at radius 2 is 2.10 bits per heavy atom. The number of aryl methyl sites for hydroxylation is 1. The summed E-state index contributed by atoms with van der Waals surface area (Å²) < 4.78 is 0. The number of anilines is 2. The van der Waals surface area contributed by atoms with Crippen LogP contribution >= 0.6 is 0 Å². The molecule has 1 aliphatic heterocycles. The van der Waals surface area contributed by atoms with Gasteiger partial charge in [-0.15, -0.1) is 0 Å². The lowest BCUT2D eigenvalue weighted by atomic mass is 9.82. The van der Waals surface area contributed by atoms with E-state index in [1.54, 1.807) is 0 Å². The first-order valence-electron chi connectivity index (χ1n) is 7.95. The molecule has 1 aromatic rings. The third kappa shape index (κ3) is 2.82. The second-order valence-corrected chi connectivity index (χ2v) is 6.12. The Hall–Kier alpha value is -1.51. The molecular weight excluding hydrogens is 248 g/mol. The van der Waals surface area contributed by atoms with E-state index in [2.05, 4.69) is 29.7 Å².